The van der Waals surface area contributed by atoms with E-state index < -0.39 is 0 Å². The van der Waals surface area contributed by atoms with Gasteiger partial charge < -0.3 is 10.6 Å². The minimum atomic E-state index is -0.271. The first-order valence-electron chi connectivity index (χ1n) is 9.61. The number of aryl methyl sites for hydroxylation is 2. The number of carbonyl (C=O) groups is 2. The average molecular weight is 410 g/mol. The Kier molecular flexibility index (Phi) is 5.44. The highest BCUT2D eigenvalue weighted by atomic mass is 32.1. The van der Waals surface area contributed by atoms with E-state index in [1.165, 1.54) is 22.2 Å². The van der Waals surface area contributed by atoms with Crippen molar-refractivity contribution in [3.05, 3.63) is 51.9 Å². The van der Waals surface area contributed by atoms with Crippen LogP contribution < -0.4 is 16.2 Å². The van der Waals surface area contributed by atoms with Gasteiger partial charge in [-0.3, -0.25) is 19.0 Å². The van der Waals surface area contributed by atoms with Gasteiger partial charge in [-0.25, -0.2) is 4.98 Å². The molecule has 29 heavy (non-hydrogen) atoms. The molecule has 2 amide bonds. The minimum absolute atomic E-state index is 0.0381. The molecule has 3 aromatic rings. The van der Waals surface area contributed by atoms with Crippen LogP contribution in [0.2, 0.25) is 0 Å². The lowest BCUT2D eigenvalue weighted by atomic mass is 10.1. The molecular formula is C21H22N4O3S. The number of hydrogen-bond donors (Lipinski definition) is 2. The summed E-state index contributed by atoms with van der Waals surface area (Å²) in [6.07, 6.45) is 3.59. The summed E-state index contributed by atoms with van der Waals surface area (Å²) in [5.74, 6) is -0.450. The molecule has 2 aromatic heterocycles. The Morgan fingerprint density at radius 2 is 1.97 bits per heavy atom. The standard InChI is InChI=1S/C21H22N4O3S/c1-13-2-4-14(5-3-13)16-11-29-20-19(16)21(28)25(12-23-20)9-8-17(26)22-10-18(27)24-15-6-7-15/h2-5,11-12,15H,6-10H2,1H3,(H,22,26)(H,24,27). The van der Waals surface area contributed by atoms with Crippen LogP contribution >= 0.6 is 11.3 Å². The lowest BCUT2D eigenvalue weighted by molar-refractivity contribution is -0.126. The van der Waals surface area contributed by atoms with E-state index in [1.807, 2.05) is 36.6 Å². The number of aromatic nitrogens is 2. The molecule has 7 nitrogen and oxygen atoms in total. The molecule has 0 atom stereocenters. The molecular weight excluding hydrogens is 388 g/mol. The van der Waals surface area contributed by atoms with Gasteiger partial charge in [-0.1, -0.05) is 29.8 Å². The molecule has 0 saturated heterocycles. The molecule has 150 valence electrons. The Morgan fingerprint density at radius 3 is 2.69 bits per heavy atom. The maximum absolute atomic E-state index is 13.0. The molecule has 1 aliphatic rings. The van der Waals surface area contributed by atoms with Crippen LogP contribution in [0.1, 0.15) is 24.8 Å². The van der Waals surface area contributed by atoms with Crippen molar-refractivity contribution < 1.29 is 9.59 Å². The fourth-order valence-corrected chi connectivity index (χ4v) is 3.97. The monoisotopic (exact) mass is 410 g/mol. The Labute approximate surface area is 171 Å². The van der Waals surface area contributed by atoms with Gasteiger partial charge in [-0.15, -0.1) is 11.3 Å². The third-order valence-corrected chi connectivity index (χ3v) is 5.78. The van der Waals surface area contributed by atoms with Crippen LogP contribution in [-0.4, -0.2) is 34.0 Å². The number of benzene rings is 1. The third-order valence-electron chi connectivity index (χ3n) is 4.89. The van der Waals surface area contributed by atoms with Crippen molar-refractivity contribution >= 4 is 33.4 Å². The van der Waals surface area contributed by atoms with Gasteiger partial charge in [0, 0.05) is 30.0 Å². The predicted octanol–water partition coefficient (Wildman–Crippen LogP) is 2.22. The van der Waals surface area contributed by atoms with Gasteiger partial charge in [0.2, 0.25) is 11.8 Å². The molecule has 1 aliphatic carbocycles. The second-order valence-corrected chi connectivity index (χ2v) is 8.17. The molecule has 2 N–H and O–H groups in total. The summed E-state index contributed by atoms with van der Waals surface area (Å²) in [6.45, 7) is 2.19. The number of fused-ring (bicyclic) bond motifs is 1. The lowest BCUT2D eigenvalue weighted by Gasteiger charge is -2.08. The maximum atomic E-state index is 13.0. The molecule has 1 aromatic carbocycles. The van der Waals surface area contributed by atoms with Gasteiger partial charge in [-0.2, -0.15) is 0 Å². The molecule has 0 bridgehead atoms. The molecule has 0 aliphatic heterocycles. The average Bonchev–Trinajstić information content (AvgIpc) is 3.41. The third kappa shape index (κ3) is 4.54. The van der Waals surface area contributed by atoms with Crippen molar-refractivity contribution in [2.24, 2.45) is 0 Å². The van der Waals surface area contributed by atoms with E-state index in [4.69, 9.17) is 0 Å². The Morgan fingerprint density at radius 1 is 1.21 bits per heavy atom. The highest BCUT2D eigenvalue weighted by Crippen LogP contribution is 2.30. The van der Waals surface area contributed by atoms with E-state index in [0.717, 1.165) is 29.5 Å². The van der Waals surface area contributed by atoms with Crippen LogP contribution in [-0.2, 0) is 16.1 Å². The summed E-state index contributed by atoms with van der Waals surface area (Å²) in [4.78, 5) is 41.7. The van der Waals surface area contributed by atoms with Crippen molar-refractivity contribution in [3.8, 4) is 11.1 Å². The summed E-state index contributed by atoms with van der Waals surface area (Å²) >= 11 is 1.43. The van der Waals surface area contributed by atoms with E-state index in [-0.39, 0.29) is 42.9 Å². The zero-order valence-corrected chi connectivity index (χ0v) is 16.9. The van der Waals surface area contributed by atoms with Gasteiger partial charge in [0.1, 0.15) is 4.83 Å². The second kappa shape index (κ2) is 8.16. The largest absolute Gasteiger partial charge is 0.352 e. The molecule has 8 heteroatoms. The molecule has 0 radical (unpaired) electrons. The Balaban J connectivity index is 1.45. The Hall–Kier alpha value is -3.00. The molecule has 2 heterocycles. The zero-order chi connectivity index (χ0) is 20.4. The summed E-state index contributed by atoms with van der Waals surface area (Å²) in [5, 5.41) is 7.93. The quantitative estimate of drug-likeness (QED) is 0.625. The number of nitrogens with one attached hydrogen (secondary N) is 2. The number of nitrogens with zero attached hydrogens (tertiary/aromatic N) is 2. The molecule has 0 spiro atoms. The van der Waals surface area contributed by atoms with Gasteiger partial charge in [0.15, 0.2) is 0 Å². The highest BCUT2D eigenvalue weighted by Gasteiger charge is 2.23. The van der Waals surface area contributed by atoms with Crippen LogP contribution in [0.3, 0.4) is 0 Å². The van der Waals surface area contributed by atoms with Crippen molar-refractivity contribution in [3.63, 3.8) is 0 Å². The normalized spacial score (nSPS) is 13.4. The minimum Gasteiger partial charge on any atom is -0.352 e. The van der Waals surface area contributed by atoms with Crippen LogP contribution in [0, 0.1) is 6.92 Å². The van der Waals surface area contributed by atoms with Crippen LogP contribution in [0.15, 0.2) is 40.8 Å². The zero-order valence-electron chi connectivity index (χ0n) is 16.1. The fraction of sp³-hybridized carbons (Fsp3) is 0.333. The fourth-order valence-electron chi connectivity index (χ4n) is 3.07. The number of thiophene rings is 1. The van der Waals surface area contributed by atoms with E-state index in [9.17, 15) is 14.4 Å². The summed E-state index contributed by atoms with van der Waals surface area (Å²) < 4.78 is 1.45. The highest BCUT2D eigenvalue weighted by molar-refractivity contribution is 7.17. The van der Waals surface area contributed by atoms with Gasteiger partial charge in [0.05, 0.1) is 18.3 Å². The SMILES string of the molecule is Cc1ccc(-c2csc3ncn(CCC(=O)NCC(=O)NC4CC4)c(=O)c23)cc1. The Bertz CT molecular complexity index is 1110. The predicted molar refractivity (Wildman–Crippen MR) is 113 cm³/mol. The maximum Gasteiger partial charge on any atom is 0.262 e. The molecule has 1 saturated carbocycles. The number of amides is 2. The first-order chi connectivity index (χ1) is 14.0. The van der Waals surface area contributed by atoms with Gasteiger partial charge in [0.25, 0.3) is 5.56 Å². The second-order valence-electron chi connectivity index (χ2n) is 7.31. The first kappa shape index (κ1) is 19.3. The number of carbonyl (C=O) groups excluding carboxylic acids is 2. The van der Waals surface area contributed by atoms with Crippen LogP contribution in [0.4, 0.5) is 0 Å². The molecule has 0 unspecified atom stereocenters. The van der Waals surface area contributed by atoms with E-state index in [0.29, 0.717) is 10.2 Å². The summed E-state index contributed by atoms with van der Waals surface area (Å²) in [7, 11) is 0. The summed E-state index contributed by atoms with van der Waals surface area (Å²) in [6, 6.07) is 8.28. The molecule has 1 fully saturated rings. The van der Waals surface area contributed by atoms with E-state index in [2.05, 4.69) is 15.6 Å². The van der Waals surface area contributed by atoms with Crippen molar-refractivity contribution in [2.45, 2.75) is 38.8 Å². The number of hydrogen-bond acceptors (Lipinski definition) is 5. The molecule has 4 rings (SSSR count). The van der Waals surface area contributed by atoms with Crippen LogP contribution in [0.5, 0.6) is 0 Å². The number of rotatable bonds is 7. The summed E-state index contributed by atoms with van der Waals surface area (Å²) in [5.41, 5.74) is 2.82. The van der Waals surface area contributed by atoms with E-state index >= 15 is 0 Å². The van der Waals surface area contributed by atoms with Gasteiger partial charge in [-0.05, 0) is 25.3 Å². The van der Waals surface area contributed by atoms with Crippen molar-refractivity contribution in [1.29, 1.82) is 0 Å². The smallest absolute Gasteiger partial charge is 0.262 e. The first-order valence-corrected chi connectivity index (χ1v) is 10.5. The van der Waals surface area contributed by atoms with Crippen molar-refractivity contribution in [1.82, 2.24) is 20.2 Å². The van der Waals surface area contributed by atoms with Crippen molar-refractivity contribution in [2.75, 3.05) is 6.54 Å². The lowest BCUT2D eigenvalue weighted by Crippen LogP contribution is -2.38. The van der Waals surface area contributed by atoms with Gasteiger partial charge >= 0.3 is 0 Å². The van der Waals surface area contributed by atoms with Crippen LogP contribution in [0.25, 0.3) is 21.3 Å². The topological polar surface area (TPSA) is 93.1 Å². The van der Waals surface area contributed by atoms with E-state index in [1.54, 1.807) is 0 Å².